The van der Waals surface area contributed by atoms with E-state index in [4.69, 9.17) is 9.84 Å². The molecule has 0 radical (unpaired) electrons. The normalized spacial score (nSPS) is 28.2. The van der Waals surface area contributed by atoms with Crippen LogP contribution in [0.1, 0.15) is 48.0 Å². The molecule has 4 saturated carbocycles. The Morgan fingerprint density at radius 1 is 1.14 bits per heavy atom. The van der Waals surface area contributed by atoms with Crippen LogP contribution < -0.4 is 4.74 Å². The van der Waals surface area contributed by atoms with Gasteiger partial charge in [0.2, 0.25) is 0 Å². The number of Topliss-reactive ketones (excluding diaryl/α,β-unsaturated/α-hetero) is 1. The van der Waals surface area contributed by atoms with E-state index in [1.165, 1.54) is 36.6 Å². The summed E-state index contributed by atoms with van der Waals surface area (Å²) in [5.74, 6) is 5.08. The molecule has 0 aliphatic heterocycles. The lowest BCUT2D eigenvalue weighted by Crippen LogP contribution is -2.47. The smallest absolute Gasteiger partial charge is 0.167 e. The largest absolute Gasteiger partial charge is 0.494 e. The third kappa shape index (κ3) is 2.94. The van der Waals surface area contributed by atoms with Crippen LogP contribution in [0, 0.1) is 42.4 Å². The van der Waals surface area contributed by atoms with Crippen molar-refractivity contribution in [3.05, 3.63) is 52.1 Å². The number of nitrogens with zero attached hydrogens (tertiary/aromatic N) is 3. The summed E-state index contributed by atoms with van der Waals surface area (Å²) in [6.45, 7) is 3.13. The number of halogens is 1. The van der Waals surface area contributed by atoms with Gasteiger partial charge < -0.3 is 9.30 Å². The number of rotatable bonds is 6. The molecule has 4 fully saturated rings. The van der Waals surface area contributed by atoms with Crippen LogP contribution in [0.2, 0.25) is 0 Å². The van der Waals surface area contributed by atoms with Gasteiger partial charge in [0, 0.05) is 45.2 Å². The molecule has 4 aliphatic carbocycles. The van der Waals surface area contributed by atoms with Gasteiger partial charge >= 0.3 is 0 Å². The number of carbonyl (C=O) groups excluding carboxylic acids is 1. The molecular weight excluding hydrogens is 514 g/mol. The number of ketones is 1. The van der Waals surface area contributed by atoms with E-state index in [1.807, 2.05) is 16.8 Å². The molecule has 1 aromatic carbocycles. The molecule has 0 N–H and O–H groups in total. The Bertz CT molecular complexity index is 1580. The zero-order valence-electron chi connectivity index (χ0n) is 20.7. The van der Waals surface area contributed by atoms with Crippen molar-refractivity contribution in [3.63, 3.8) is 0 Å². The Morgan fingerprint density at radius 3 is 2.72 bits per heavy atom. The number of aromatic nitrogens is 3. The van der Waals surface area contributed by atoms with Crippen molar-refractivity contribution in [1.29, 1.82) is 0 Å². The second-order valence-electron chi connectivity index (χ2n) is 11.8. The lowest BCUT2D eigenvalue weighted by molar-refractivity contribution is -0.0459. The molecule has 0 spiro atoms. The minimum atomic E-state index is 0.177. The fourth-order valence-electron chi connectivity index (χ4n) is 7.86. The van der Waals surface area contributed by atoms with Gasteiger partial charge in [0.25, 0.3) is 0 Å². The summed E-state index contributed by atoms with van der Waals surface area (Å²) in [7, 11) is 1.70. The lowest BCUT2D eigenvalue weighted by atomic mass is 9.51. The Kier molecular flexibility index (Phi) is 4.46. The molecule has 4 aromatic rings. The van der Waals surface area contributed by atoms with E-state index in [-0.39, 0.29) is 11.7 Å². The van der Waals surface area contributed by atoms with Crippen LogP contribution in [-0.2, 0) is 6.54 Å². The maximum absolute atomic E-state index is 13.7. The topological polar surface area (TPSA) is 48.5 Å². The van der Waals surface area contributed by atoms with E-state index in [9.17, 15) is 4.79 Å². The molecule has 4 unspecified atom stereocenters. The summed E-state index contributed by atoms with van der Waals surface area (Å²) in [6.07, 6.45) is 8.22. The number of hydrogen-bond donors (Lipinski definition) is 0. The first-order valence-corrected chi connectivity index (χ1v) is 14.2. The number of hydrogen-bond acceptors (Lipinski definition) is 3. The van der Waals surface area contributed by atoms with Crippen LogP contribution >= 0.6 is 15.9 Å². The molecular formula is C30H30BrN3O2. The Morgan fingerprint density at radius 2 is 1.97 bits per heavy atom. The molecule has 0 amide bonds. The summed E-state index contributed by atoms with van der Waals surface area (Å²) in [5, 5.41) is 6.31. The number of aryl methyl sites for hydroxylation is 1. The third-order valence-electron chi connectivity index (χ3n) is 9.85. The van der Waals surface area contributed by atoms with Crippen molar-refractivity contribution in [2.75, 3.05) is 7.11 Å². The molecule has 0 saturated heterocycles. The molecule has 8 rings (SSSR count). The van der Waals surface area contributed by atoms with Gasteiger partial charge in [-0.05, 0) is 92.9 Å². The second kappa shape index (κ2) is 7.47. The number of ether oxygens (including phenoxy) is 1. The quantitative estimate of drug-likeness (QED) is 0.248. The van der Waals surface area contributed by atoms with E-state index in [0.717, 1.165) is 74.9 Å². The van der Waals surface area contributed by atoms with E-state index in [2.05, 4.69) is 51.7 Å². The molecule has 36 heavy (non-hydrogen) atoms. The van der Waals surface area contributed by atoms with Crippen LogP contribution in [0.3, 0.4) is 0 Å². The van der Waals surface area contributed by atoms with Crippen LogP contribution in [0.25, 0.3) is 27.8 Å². The van der Waals surface area contributed by atoms with E-state index in [1.54, 1.807) is 7.11 Å². The van der Waals surface area contributed by atoms with Crippen molar-refractivity contribution in [3.8, 4) is 17.1 Å². The summed E-state index contributed by atoms with van der Waals surface area (Å²) in [4.78, 5) is 13.7. The lowest BCUT2D eigenvalue weighted by Gasteiger charge is -2.53. The van der Waals surface area contributed by atoms with Gasteiger partial charge in [-0.1, -0.05) is 22.0 Å². The minimum Gasteiger partial charge on any atom is -0.494 e. The molecule has 6 heteroatoms. The van der Waals surface area contributed by atoms with Crippen LogP contribution in [0.5, 0.6) is 5.75 Å². The zero-order chi connectivity index (χ0) is 24.3. The first kappa shape index (κ1) is 21.5. The molecule has 3 heterocycles. The molecule has 3 aromatic heterocycles. The van der Waals surface area contributed by atoms with E-state index >= 15 is 0 Å². The highest BCUT2D eigenvalue weighted by atomic mass is 79.9. The molecule has 184 valence electrons. The fraction of sp³-hybridized carbons (Fsp3) is 0.467. The van der Waals surface area contributed by atoms with Gasteiger partial charge in [0.1, 0.15) is 17.0 Å². The number of pyridine rings is 1. The average Bonchev–Trinajstić information content (AvgIpc) is 3.53. The Labute approximate surface area is 218 Å². The summed E-state index contributed by atoms with van der Waals surface area (Å²) in [5.41, 5.74) is 6.12. The fourth-order valence-corrected chi connectivity index (χ4v) is 8.21. The highest BCUT2D eigenvalue weighted by molar-refractivity contribution is 9.10. The van der Waals surface area contributed by atoms with Crippen LogP contribution in [0.15, 0.2) is 41.0 Å². The van der Waals surface area contributed by atoms with E-state index < -0.39 is 0 Å². The van der Waals surface area contributed by atoms with Gasteiger partial charge in [-0.25, -0.2) is 4.52 Å². The third-order valence-corrected chi connectivity index (χ3v) is 10.3. The summed E-state index contributed by atoms with van der Waals surface area (Å²) in [6, 6.07) is 10.7. The van der Waals surface area contributed by atoms with Gasteiger partial charge in [-0.3, -0.25) is 4.79 Å². The minimum absolute atomic E-state index is 0.177. The molecule has 5 atom stereocenters. The zero-order valence-corrected chi connectivity index (χ0v) is 22.3. The van der Waals surface area contributed by atoms with Crippen LogP contribution in [-0.4, -0.2) is 27.1 Å². The van der Waals surface area contributed by atoms with Crippen molar-refractivity contribution < 1.29 is 9.53 Å². The predicted octanol–water partition coefficient (Wildman–Crippen LogP) is 6.92. The van der Waals surface area contributed by atoms with Gasteiger partial charge in [-0.2, -0.15) is 5.10 Å². The first-order chi connectivity index (χ1) is 17.5. The van der Waals surface area contributed by atoms with Gasteiger partial charge in [0.15, 0.2) is 5.78 Å². The Balaban J connectivity index is 1.25. The van der Waals surface area contributed by atoms with Gasteiger partial charge in [0.05, 0.1) is 12.8 Å². The maximum atomic E-state index is 13.7. The number of fused-ring (bicyclic) bond motifs is 2. The Hall–Kier alpha value is -2.60. The highest BCUT2D eigenvalue weighted by Gasteiger charge is 2.62. The number of methoxy groups -OCH3 is 1. The van der Waals surface area contributed by atoms with Crippen molar-refractivity contribution in [1.82, 2.24) is 14.2 Å². The molecule has 0 bridgehead atoms. The summed E-state index contributed by atoms with van der Waals surface area (Å²) >= 11 is 3.66. The predicted molar refractivity (Wildman–Crippen MR) is 143 cm³/mol. The van der Waals surface area contributed by atoms with Crippen LogP contribution in [0.4, 0.5) is 0 Å². The average molecular weight is 544 g/mol. The first-order valence-electron chi connectivity index (χ1n) is 13.4. The number of benzene rings is 1. The van der Waals surface area contributed by atoms with Crippen molar-refractivity contribution >= 4 is 38.1 Å². The van der Waals surface area contributed by atoms with Crippen molar-refractivity contribution in [2.45, 2.75) is 45.6 Å². The number of carbonyl (C=O) groups is 1. The molecule has 4 aliphatic rings. The second-order valence-corrected chi connectivity index (χ2v) is 12.7. The van der Waals surface area contributed by atoms with Gasteiger partial charge in [-0.15, -0.1) is 0 Å². The standard InChI is InChI=1S/C30H30BrN3O2/c1-15-28(25-10-17-5-6-21(31)12-24(17)33(25)13-16-3-4-16)32-34-14-20(11-26(36-2)29(15)34)30(35)23-9-19-7-18-8-22(23)27(18)19/h5-6,10-12,14,16,18-19,22-23,27H,3-4,7-9,13H2,1-2H3/t18?,19?,22?,23?,27-/m1/s1. The maximum Gasteiger partial charge on any atom is 0.167 e. The van der Waals surface area contributed by atoms with E-state index in [0.29, 0.717) is 5.92 Å². The summed E-state index contributed by atoms with van der Waals surface area (Å²) < 4.78 is 11.3. The molecule has 5 nitrogen and oxygen atoms in total. The SMILES string of the molecule is COc1cc(C(=O)C2CC3CC4CC2[C@@H]34)cn2nc(-c3cc4ccc(Br)cc4n3CC3CC3)c(C)c12. The van der Waals surface area contributed by atoms with Crippen molar-refractivity contribution in [2.24, 2.45) is 35.5 Å². The monoisotopic (exact) mass is 543 g/mol. The highest BCUT2D eigenvalue weighted by Crippen LogP contribution is 2.68.